The van der Waals surface area contributed by atoms with Gasteiger partial charge in [0.1, 0.15) is 11.2 Å². The van der Waals surface area contributed by atoms with Crippen molar-refractivity contribution in [3.63, 3.8) is 0 Å². The van der Waals surface area contributed by atoms with E-state index in [0.29, 0.717) is 0 Å². The molecule has 0 saturated heterocycles. The Labute approximate surface area is 393 Å². The lowest BCUT2D eigenvalue weighted by atomic mass is 9.33. The number of para-hydroxylation sites is 1. The Bertz CT molecular complexity index is 3270. The smallest absolute Gasteiger partial charge is 0.252 e. The molecular formula is C62H65BN2O. The van der Waals surface area contributed by atoms with Crippen LogP contribution in [0.25, 0.3) is 33.1 Å². The number of hydrogen-bond acceptors (Lipinski definition) is 3. The number of rotatable bonds is 3. The van der Waals surface area contributed by atoms with Crippen molar-refractivity contribution < 1.29 is 4.42 Å². The number of anilines is 6. The van der Waals surface area contributed by atoms with E-state index in [-0.39, 0.29) is 33.8 Å². The summed E-state index contributed by atoms with van der Waals surface area (Å²) in [7, 11) is 0. The highest BCUT2D eigenvalue weighted by Gasteiger charge is 2.46. The van der Waals surface area contributed by atoms with Crippen LogP contribution in [0.5, 0.6) is 0 Å². The molecule has 3 nitrogen and oxygen atoms in total. The van der Waals surface area contributed by atoms with Crippen molar-refractivity contribution in [2.45, 2.75) is 130 Å². The number of hydrogen-bond donors (Lipinski definition) is 0. The molecule has 66 heavy (non-hydrogen) atoms. The Morgan fingerprint density at radius 3 is 1.73 bits per heavy atom. The fraction of sp³-hybridized carbons (Fsp3) is 0.323. The fourth-order valence-electron chi connectivity index (χ4n) is 11.4. The third-order valence-corrected chi connectivity index (χ3v) is 15.6. The van der Waals surface area contributed by atoms with Crippen molar-refractivity contribution in [1.82, 2.24) is 0 Å². The fourth-order valence-corrected chi connectivity index (χ4v) is 11.4. The summed E-state index contributed by atoms with van der Waals surface area (Å²) in [6, 6.07) is 51.4. The van der Waals surface area contributed by atoms with Gasteiger partial charge in [-0.3, -0.25) is 0 Å². The van der Waals surface area contributed by atoms with Gasteiger partial charge in [-0.15, -0.1) is 0 Å². The van der Waals surface area contributed by atoms with Crippen LogP contribution in [0.4, 0.5) is 34.1 Å². The van der Waals surface area contributed by atoms with Gasteiger partial charge in [0.2, 0.25) is 0 Å². The summed E-state index contributed by atoms with van der Waals surface area (Å²) in [5.41, 5.74) is 22.8. The van der Waals surface area contributed by atoms with Crippen molar-refractivity contribution >= 4 is 79.2 Å². The second kappa shape index (κ2) is 14.3. The molecule has 0 unspecified atom stereocenters. The van der Waals surface area contributed by atoms with Crippen LogP contribution in [-0.2, 0) is 27.1 Å². The molecule has 0 spiro atoms. The summed E-state index contributed by atoms with van der Waals surface area (Å²) in [5.74, 6) is 0. The van der Waals surface area contributed by atoms with Crippen molar-refractivity contribution in [1.29, 1.82) is 0 Å². The normalized spacial score (nSPS) is 16.3. The summed E-state index contributed by atoms with van der Waals surface area (Å²) in [5, 5.41) is 2.31. The average Bonchev–Trinajstić information content (AvgIpc) is 3.65. The molecule has 0 N–H and O–H groups in total. The molecule has 0 radical (unpaired) electrons. The molecule has 2 aliphatic heterocycles. The number of fused-ring (bicyclic) bond motifs is 8. The Balaban J connectivity index is 1.19. The van der Waals surface area contributed by atoms with Gasteiger partial charge in [-0.1, -0.05) is 163 Å². The topological polar surface area (TPSA) is 19.6 Å². The highest BCUT2D eigenvalue weighted by atomic mass is 16.3. The van der Waals surface area contributed by atoms with E-state index in [4.69, 9.17) is 4.42 Å². The predicted octanol–water partition coefficient (Wildman–Crippen LogP) is 15.6. The van der Waals surface area contributed by atoms with Crippen LogP contribution in [0.15, 0.2) is 138 Å². The lowest BCUT2D eigenvalue weighted by molar-refractivity contribution is 0.332. The molecule has 0 fully saturated rings. The summed E-state index contributed by atoms with van der Waals surface area (Å²) >= 11 is 0. The van der Waals surface area contributed by atoms with Gasteiger partial charge in [0, 0.05) is 44.9 Å². The first-order valence-electron chi connectivity index (χ1n) is 24.3. The molecule has 4 heteroatoms. The minimum atomic E-state index is -0.111. The molecule has 0 amide bonds. The van der Waals surface area contributed by atoms with Gasteiger partial charge in [-0.05, 0) is 156 Å². The van der Waals surface area contributed by atoms with Crippen LogP contribution in [-0.4, -0.2) is 6.71 Å². The van der Waals surface area contributed by atoms with Gasteiger partial charge in [-0.25, -0.2) is 0 Å². The monoisotopic (exact) mass is 865 g/mol. The second-order valence-electron chi connectivity index (χ2n) is 24.2. The molecule has 8 aromatic rings. The Kier molecular flexibility index (Phi) is 9.21. The lowest BCUT2D eigenvalue weighted by Gasteiger charge is -2.46. The van der Waals surface area contributed by atoms with E-state index in [2.05, 4.69) is 227 Å². The Morgan fingerprint density at radius 1 is 0.470 bits per heavy atom. The maximum Gasteiger partial charge on any atom is 0.252 e. The molecule has 0 atom stereocenters. The minimum absolute atomic E-state index is 0.0235. The van der Waals surface area contributed by atoms with Gasteiger partial charge < -0.3 is 14.2 Å². The number of benzene rings is 7. The van der Waals surface area contributed by atoms with Crippen molar-refractivity contribution in [3.05, 3.63) is 161 Å². The SMILES string of the molecule is CC(C)(C)c1ccc2c(c1)B1c3ccc(C(C)(C)C)cc3N(c3ccc4c(c3)C(C)(C)CCC4(C)C)c3cc(C(C)(C)C)cc(c31)N2c1ccc(-c2cccc3oc4ccccc4c23)cc1. The molecule has 7 aromatic carbocycles. The Morgan fingerprint density at radius 2 is 1.05 bits per heavy atom. The zero-order chi connectivity index (χ0) is 46.5. The molecule has 11 rings (SSSR count). The van der Waals surface area contributed by atoms with Crippen LogP contribution in [0.1, 0.15) is 131 Å². The first kappa shape index (κ1) is 42.6. The number of nitrogens with zero attached hydrogens (tertiary/aromatic N) is 2. The van der Waals surface area contributed by atoms with Gasteiger partial charge in [0.05, 0.1) is 0 Å². The average molecular weight is 865 g/mol. The highest BCUT2D eigenvalue weighted by Crippen LogP contribution is 2.51. The van der Waals surface area contributed by atoms with E-state index in [0.717, 1.165) is 27.6 Å². The van der Waals surface area contributed by atoms with E-state index in [9.17, 15) is 0 Å². The summed E-state index contributed by atoms with van der Waals surface area (Å²) in [6.07, 6.45) is 2.37. The summed E-state index contributed by atoms with van der Waals surface area (Å²) in [6.45, 7) is 31.0. The summed E-state index contributed by atoms with van der Waals surface area (Å²) < 4.78 is 6.34. The van der Waals surface area contributed by atoms with Crippen molar-refractivity contribution in [3.8, 4) is 11.1 Å². The zero-order valence-electron chi connectivity index (χ0n) is 41.5. The Hall–Kier alpha value is -6.00. The van der Waals surface area contributed by atoms with E-state index < -0.39 is 0 Å². The zero-order valence-corrected chi connectivity index (χ0v) is 41.5. The van der Waals surface area contributed by atoms with Crippen LogP contribution < -0.4 is 26.2 Å². The molecule has 0 saturated carbocycles. The van der Waals surface area contributed by atoms with Crippen LogP contribution in [0, 0.1) is 0 Å². The quantitative estimate of drug-likeness (QED) is 0.165. The maximum absolute atomic E-state index is 6.34. The number of furan rings is 1. The lowest BCUT2D eigenvalue weighted by Crippen LogP contribution is -2.61. The van der Waals surface area contributed by atoms with E-state index in [1.807, 2.05) is 6.07 Å². The van der Waals surface area contributed by atoms with Gasteiger partial charge in [-0.2, -0.15) is 0 Å². The van der Waals surface area contributed by atoms with Crippen LogP contribution in [0.3, 0.4) is 0 Å². The largest absolute Gasteiger partial charge is 0.456 e. The van der Waals surface area contributed by atoms with Gasteiger partial charge in [0.15, 0.2) is 0 Å². The molecule has 0 bridgehead atoms. The molecule has 3 aliphatic rings. The van der Waals surface area contributed by atoms with Crippen molar-refractivity contribution in [2.75, 3.05) is 9.80 Å². The van der Waals surface area contributed by atoms with E-state index >= 15 is 0 Å². The first-order chi connectivity index (χ1) is 31.1. The summed E-state index contributed by atoms with van der Waals surface area (Å²) in [4.78, 5) is 5.23. The molecule has 1 aromatic heterocycles. The maximum atomic E-state index is 6.34. The molecule has 332 valence electrons. The van der Waals surface area contributed by atoms with E-state index in [1.165, 1.54) is 96.6 Å². The van der Waals surface area contributed by atoms with Crippen molar-refractivity contribution in [2.24, 2.45) is 0 Å². The van der Waals surface area contributed by atoms with E-state index in [1.54, 1.807) is 0 Å². The highest BCUT2D eigenvalue weighted by molar-refractivity contribution is 7.00. The van der Waals surface area contributed by atoms with Crippen LogP contribution >= 0.6 is 0 Å². The second-order valence-corrected chi connectivity index (χ2v) is 24.2. The van der Waals surface area contributed by atoms with Crippen LogP contribution in [0.2, 0.25) is 0 Å². The third kappa shape index (κ3) is 6.60. The predicted molar refractivity (Wildman–Crippen MR) is 285 cm³/mol. The van der Waals surface area contributed by atoms with Gasteiger partial charge in [0.25, 0.3) is 6.71 Å². The third-order valence-electron chi connectivity index (χ3n) is 15.6. The first-order valence-corrected chi connectivity index (χ1v) is 24.3. The minimum Gasteiger partial charge on any atom is -0.456 e. The molecular weight excluding hydrogens is 800 g/mol. The van der Waals surface area contributed by atoms with Gasteiger partial charge >= 0.3 is 0 Å². The molecule has 3 heterocycles. The molecule has 1 aliphatic carbocycles. The standard InChI is InChI=1S/C62H65BN2O/c1-58(2,3)39-24-30-50-49(33-39)63-48-29-23-40(59(4,5)6)34-51(48)65(43-27-28-46-47(37-43)62(12,13)32-31-61(46,10)11)53-36-41(60(7,8)9)35-52(57(53)63)64(50)42-25-21-38(22-26-42)44-18-16-20-55-56(44)45-17-14-15-19-54(45)66-55/h14-30,33-37H,31-32H2,1-13H3.